The molecule has 1 aromatic carbocycles. The Balaban J connectivity index is 1.99. The molecule has 1 aliphatic carbocycles. The fourth-order valence-electron chi connectivity index (χ4n) is 2.45. The molecule has 2 rings (SSSR count). The Hall–Kier alpha value is -1.26. The van der Waals surface area contributed by atoms with Gasteiger partial charge in [-0.25, -0.2) is 0 Å². The number of benzene rings is 1. The van der Waals surface area contributed by atoms with Crippen LogP contribution in [0, 0.1) is 0 Å². The van der Waals surface area contributed by atoms with Gasteiger partial charge in [-0.2, -0.15) is 0 Å². The Labute approximate surface area is 115 Å². The number of para-hydroxylation sites is 2. The predicted octanol–water partition coefficient (Wildman–Crippen LogP) is 2.23. The van der Waals surface area contributed by atoms with Gasteiger partial charge in [-0.1, -0.05) is 19.1 Å². The van der Waals surface area contributed by atoms with Crippen LogP contribution in [0.4, 0.5) is 0 Å². The third-order valence-corrected chi connectivity index (χ3v) is 3.42. The number of ether oxygens (including phenoxy) is 3. The van der Waals surface area contributed by atoms with Gasteiger partial charge in [0.25, 0.3) is 0 Å². The molecule has 0 radical (unpaired) electrons. The van der Waals surface area contributed by atoms with E-state index in [1.807, 2.05) is 31.2 Å². The Kier molecular flexibility index (Phi) is 5.05. The summed E-state index contributed by atoms with van der Waals surface area (Å²) in [6, 6.07) is 8.13. The summed E-state index contributed by atoms with van der Waals surface area (Å²) in [5, 5.41) is 3.42. The van der Waals surface area contributed by atoms with E-state index in [4.69, 9.17) is 14.2 Å². The summed E-state index contributed by atoms with van der Waals surface area (Å²) >= 11 is 0. The first-order chi connectivity index (χ1) is 9.30. The van der Waals surface area contributed by atoms with Crippen molar-refractivity contribution in [2.24, 2.45) is 0 Å². The topological polar surface area (TPSA) is 39.7 Å². The van der Waals surface area contributed by atoms with Gasteiger partial charge in [0, 0.05) is 19.1 Å². The summed E-state index contributed by atoms with van der Waals surface area (Å²) in [4.78, 5) is 0. The third kappa shape index (κ3) is 3.19. The highest BCUT2D eigenvalue weighted by Crippen LogP contribution is 2.33. The number of methoxy groups -OCH3 is 1. The first-order valence-electron chi connectivity index (χ1n) is 6.94. The van der Waals surface area contributed by atoms with Crippen LogP contribution < -0.4 is 14.8 Å². The van der Waals surface area contributed by atoms with Gasteiger partial charge in [0.1, 0.15) is 12.2 Å². The van der Waals surface area contributed by atoms with Gasteiger partial charge in [0.05, 0.1) is 7.11 Å². The van der Waals surface area contributed by atoms with E-state index in [-0.39, 0.29) is 12.2 Å². The van der Waals surface area contributed by atoms with E-state index in [0.29, 0.717) is 12.6 Å². The molecule has 4 heteroatoms. The van der Waals surface area contributed by atoms with Crippen molar-refractivity contribution in [1.82, 2.24) is 5.32 Å². The molecule has 0 saturated heterocycles. The molecule has 0 heterocycles. The minimum Gasteiger partial charge on any atom is -0.493 e. The van der Waals surface area contributed by atoms with Crippen molar-refractivity contribution in [2.45, 2.75) is 38.5 Å². The Morgan fingerprint density at radius 2 is 1.95 bits per heavy atom. The van der Waals surface area contributed by atoms with Gasteiger partial charge in [0.2, 0.25) is 0 Å². The first-order valence-corrected chi connectivity index (χ1v) is 6.94. The lowest BCUT2D eigenvalue weighted by atomic mass is 9.85. The molecular formula is C15H23NO3. The zero-order chi connectivity index (χ0) is 13.7. The lowest BCUT2D eigenvalue weighted by Crippen LogP contribution is -2.61. The van der Waals surface area contributed by atoms with Crippen LogP contribution in [0.5, 0.6) is 11.5 Å². The normalized spacial score (nSPS) is 25.7. The second-order valence-electron chi connectivity index (χ2n) is 4.63. The van der Waals surface area contributed by atoms with Crippen molar-refractivity contribution >= 4 is 0 Å². The highest BCUT2D eigenvalue weighted by molar-refractivity contribution is 5.39. The van der Waals surface area contributed by atoms with Crippen molar-refractivity contribution in [3.63, 3.8) is 0 Å². The minimum absolute atomic E-state index is 0.0975. The van der Waals surface area contributed by atoms with Crippen molar-refractivity contribution in [3.8, 4) is 11.5 Å². The summed E-state index contributed by atoms with van der Waals surface area (Å²) in [5.74, 6) is 1.55. The van der Waals surface area contributed by atoms with Gasteiger partial charge in [-0.15, -0.1) is 0 Å². The van der Waals surface area contributed by atoms with Gasteiger partial charge in [-0.05, 0) is 25.6 Å². The van der Waals surface area contributed by atoms with Crippen LogP contribution in [0.1, 0.15) is 20.3 Å². The molecule has 1 aromatic rings. The summed E-state index contributed by atoms with van der Waals surface area (Å²) in [6.07, 6.45) is 1.19. The molecule has 19 heavy (non-hydrogen) atoms. The lowest BCUT2D eigenvalue weighted by Gasteiger charge is -2.44. The fourth-order valence-corrected chi connectivity index (χ4v) is 2.45. The molecule has 0 amide bonds. The zero-order valence-corrected chi connectivity index (χ0v) is 11.9. The monoisotopic (exact) mass is 265 g/mol. The van der Waals surface area contributed by atoms with E-state index in [1.54, 1.807) is 7.11 Å². The van der Waals surface area contributed by atoms with Crippen LogP contribution in [-0.2, 0) is 4.74 Å². The average Bonchev–Trinajstić information content (AvgIpc) is 2.44. The van der Waals surface area contributed by atoms with Gasteiger partial charge >= 0.3 is 0 Å². The third-order valence-electron chi connectivity index (χ3n) is 3.42. The second-order valence-corrected chi connectivity index (χ2v) is 4.63. The Bertz CT molecular complexity index is 397. The maximum absolute atomic E-state index is 6.02. The van der Waals surface area contributed by atoms with E-state index < -0.39 is 0 Å². The molecule has 1 aliphatic rings. The largest absolute Gasteiger partial charge is 0.493 e. The Morgan fingerprint density at radius 1 is 1.21 bits per heavy atom. The van der Waals surface area contributed by atoms with Crippen LogP contribution in [-0.4, -0.2) is 38.5 Å². The van der Waals surface area contributed by atoms with Crippen molar-refractivity contribution in [2.75, 3.05) is 20.3 Å². The zero-order valence-electron chi connectivity index (χ0n) is 11.9. The number of hydrogen-bond acceptors (Lipinski definition) is 4. The van der Waals surface area contributed by atoms with Crippen LogP contribution in [0.2, 0.25) is 0 Å². The molecule has 0 bridgehead atoms. The second kappa shape index (κ2) is 6.78. The summed E-state index contributed by atoms with van der Waals surface area (Å²) in [6.45, 7) is 5.78. The molecule has 3 atom stereocenters. The Morgan fingerprint density at radius 3 is 2.58 bits per heavy atom. The summed E-state index contributed by atoms with van der Waals surface area (Å²) in [5.41, 5.74) is 0. The fraction of sp³-hybridized carbons (Fsp3) is 0.600. The van der Waals surface area contributed by atoms with E-state index in [0.717, 1.165) is 24.5 Å². The quantitative estimate of drug-likeness (QED) is 0.820. The van der Waals surface area contributed by atoms with Gasteiger partial charge in [-0.3, -0.25) is 0 Å². The number of rotatable bonds is 7. The molecule has 1 saturated carbocycles. The van der Waals surface area contributed by atoms with Crippen molar-refractivity contribution in [3.05, 3.63) is 24.3 Å². The van der Waals surface area contributed by atoms with E-state index in [9.17, 15) is 0 Å². The van der Waals surface area contributed by atoms with E-state index in [1.165, 1.54) is 0 Å². The van der Waals surface area contributed by atoms with Gasteiger partial charge < -0.3 is 19.5 Å². The average molecular weight is 265 g/mol. The predicted molar refractivity (Wildman–Crippen MR) is 74.9 cm³/mol. The molecular weight excluding hydrogens is 242 g/mol. The van der Waals surface area contributed by atoms with Crippen LogP contribution >= 0.6 is 0 Å². The van der Waals surface area contributed by atoms with E-state index >= 15 is 0 Å². The number of likely N-dealkylation sites (N-methyl/N-ethyl adjacent to an activating group) is 1. The van der Waals surface area contributed by atoms with E-state index in [2.05, 4.69) is 12.2 Å². The molecule has 0 spiro atoms. The van der Waals surface area contributed by atoms with Crippen LogP contribution in [0.3, 0.4) is 0 Å². The SMILES string of the molecule is CCNC1CC(Oc2ccccc2OC)C1OCC. The minimum atomic E-state index is 0.0975. The molecule has 0 aromatic heterocycles. The molecule has 4 nitrogen and oxygen atoms in total. The molecule has 1 fully saturated rings. The molecule has 106 valence electrons. The van der Waals surface area contributed by atoms with Crippen molar-refractivity contribution in [1.29, 1.82) is 0 Å². The smallest absolute Gasteiger partial charge is 0.161 e. The summed E-state index contributed by atoms with van der Waals surface area (Å²) < 4.78 is 17.1. The maximum Gasteiger partial charge on any atom is 0.161 e. The van der Waals surface area contributed by atoms with Gasteiger partial charge in [0.15, 0.2) is 11.5 Å². The number of nitrogens with one attached hydrogen (secondary N) is 1. The molecule has 1 N–H and O–H groups in total. The van der Waals surface area contributed by atoms with Crippen LogP contribution in [0.25, 0.3) is 0 Å². The molecule has 0 aliphatic heterocycles. The highest BCUT2D eigenvalue weighted by Gasteiger charge is 2.43. The standard InChI is InChI=1S/C15H23NO3/c1-4-16-11-10-14(15(11)18-5-2)19-13-9-7-6-8-12(13)17-3/h6-9,11,14-16H,4-5,10H2,1-3H3. The number of hydrogen-bond donors (Lipinski definition) is 1. The first kappa shape index (κ1) is 14.2. The maximum atomic E-state index is 6.02. The highest BCUT2D eigenvalue weighted by atomic mass is 16.6. The lowest BCUT2D eigenvalue weighted by molar-refractivity contribution is -0.104. The molecule has 3 unspecified atom stereocenters. The van der Waals surface area contributed by atoms with Crippen molar-refractivity contribution < 1.29 is 14.2 Å². The van der Waals surface area contributed by atoms with Crippen LogP contribution in [0.15, 0.2) is 24.3 Å². The summed E-state index contributed by atoms with van der Waals surface area (Å²) in [7, 11) is 1.66.